The van der Waals surface area contributed by atoms with Gasteiger partial charge < -0.3 is 5.73 Å². The van der Waals surface area contributed by atoms with Gasteiger partial charge in [0.1, 0.15) is 16.6 Å². The summed E-state index contributed by atoms with van der Waals surface area (Å²) in [6.45, 7) is 0. The Hall–Kier alpha value is -0.180. The number of hydrogen-bond acceptors (Lipinski definition) is 4. The number of nitriles is 1. The summed E-state index contributed by atoms with van der Waals surface area (Å²) in [6.07, 6.45) is 0. The molecule has 2 nitrogen and oxygen atoms in total. The van der Waals surface area contributed by atoms with Crippen LogP contribution in [0.2, 0.25) is 0 Å². The molecule has 0 rings (SSSR count). The van der Waals surface area contributed by atoms with E-state index in [0.717, 1.165) is 0 Å². The summed E-state index contributed by atoms with van der Waals surface area (Å²) in [4.78, 5) is 0.0255. The molecule has 2 N–H and O–H groups in total. The zero-order chi connectivity index (χ0) is 7.44. The lowest BCUT2D eigenvalue weighted by atomic mass is 10.3. The van der Waals surface area contributed by atoms with E-state index in [0.29, 0.717) is 0 Å². The fraction of sp³-hybridized carbons (Fsp3) is 0. The third kappa shape index (κ3) is 2.75. The van der Waals surface area contributed by atoms with Gasteiger partial charge in [0.05, 0.1) is 4.24 Å². The summed E-state index contributed by atoms with van der Waals surface area (Å²) in [5.74, 6) is 0. The molecule has 0 saturated heterocycles. The zero-order valence-corrected chi connectivity index (χ0v) is 6.93. The van der Waals surface area contributed by atoms with E-state index in [2.05, 4.69) is 37.5 Å². The fourth-order valence-electron chi connectivity index (χ4n) is 0.215. The van der Waals surface area contributed by atoms with Gasteiger partial charge >= 0.3 is 0 Å². The van der Waals surface area contributed by atoms with Crippen LogP contribution in [0.3, 0.4) is 0 Å². The van der Waals surface area contributed by atoms with Gasteiger partial charge in [-0.15, -0.1) is 25.3 Å². The van der Waals surface area contributed by atoms with Crippen LogP contribution in [-0.4, -0.2) is 4.99 Å². The maximum absolute atomic E-state index is 8.29. The molecule has 5 heteroatoms. The molecule has 0 aromatic heterocycles. The highest BCUT2D eigenvalue weighted by atomic mass is 32.2. The van der Waals surface area contributed by atoms with Crippen LogP contribution in [0.4, 0.5) is 0 Å². The summed E-state index contributed by atoms with van der Waals surface area (Å²) >= 11 is 12.0. The number of nitrogens with two attached hydrogens (primary N) is 1. The van der Waals surface area contributed by atoms with Crippen LogP contribution in [0.1, 0.15) is 0 Å². The van der Waals surface area contributed by atoms with Crippen molar-refractivity contribution in [1.82, 2.24) is 0 Å². The Morgan fingerprint density at radius 3 is 2.00 bits per heavy atom. The van der Waals surface area contributed by atoms with Crippen LogP contribution in [0.5, 0.6) is 0 Å². The van der Waals surface area contributed by atoms with Crippen LogP contribution in [0.25, 0.3) is 0 Å². The van der Waals surface area contributed by atoms with Crippen molar-refractivity contribution in [3.05, 3.63) is 9.81 Å². The minimum absolute atomic E-state index is 0.0255. The maximum Gasteiger partial charge on any atom is 0.116 e. The van der Waals surface area contributed by atoms with Crippen LogP contribution in [0, 0.1) is 11.3 Å². The minimum Gasteiger partial charge on any atom is -0.389 e. The van der Waals surface area contributed by atoms with E-state index in [1.165, 1.54) is 0 Å². The smallest absolute Gasteiger partial charge is 0.116 e. The molecule has 0 amide bonds. The molecule has 0 atom stereocenters. The quantitative estimate of drug-likeness (QED) is 0.240. The highest BCUT2D eigenvalue weighted by Gasteiger charge is 2.00. The molecule has 48 valence electrons. The molecule has 9 heavy (non-hydrogen) atoms. The average molecular weight is 176 g/mol. The van der Waals surface area contributed by atoms with Crippen LogP contribution >= 0.6 is 37.5 Å². The normalized spacial score (nSPS) is 7.67. The van der Waals surface area contributed by atoms with Crippen molar-refractivity contribution in [2.45, 2.75) is 0 Å². The van der Waals surface area contributed by atoms with Crippen molar-refractivity contribution in [2.24, 2.45) is 5.73 Å². The van der Waals surface area contributed by atoms with Gasteiger partial charge in [-0.3, -0.25) is 0 Å². The second-order valence-corrected chi connectivity index (χ2v) is 2.86. The molecule has 0 fully saturated rings. The lowest BCUT2D eigenvalue weighted by Crippen LogP contribution is -2.10. The number of thiocarbonyl (C=S) groups is 1. The van der Waals surface area contributed by atoms with Gasteiger partial charge in [-0.1, -0.05) is 12.2 Å². The molecule has 0 aromatic carbocycles. The first-order chi connectivity index (χ1) is 4.09. The molecule has 0 aromatic rings. The topological polar surface area (TPSA) is 49.8 Å². The van der Waals surface area contributed by atoms with Gasteiger partial charge in [0.25, 0.3) is 0 Å². The predicted molar refractivity (Wildman–Crippen MR) is 47.4 cm³/mol. The van der Waals surface area contributed by atoms with Crippen LogP contribution in [0.15, 0.2) is 9.81 Å². The van der Waals surface area contributed by atoms with Crippen molar-refractivity contribution in [2.75, 3.05) is 0 Å². The standard InChI is InChI=1S/C4H4N2S3/c5-1-2(3(6)7)4(8)9/h8-9H,(H2,6,7). The van der Waals surface area contributed by atoms with E-state index >= 15 is 0 Å². The molecule has 0 aliphatic carbocycles. The second kappa shape index (κ2) is 3.77. The maximum atomic E-state index is 8.29. The monoisotopic (exact) mass is 176 g/mol. The molecule has 0 bridgehead atoms. The van der Waals surface area contributed by atoms with Crippen molar-refractivity contribution in [1.29, 1.82) is 5.26 Å². The highest BCUT2D eigenvalue weighted by molar-refractivity contribution is 8.05. The first-order valence-electron chi connectivity index (χ1n) is 1.91. The Kier molecular flexibility index (Phi) is 3.70. The number of nitrogens with zero attached hydrogens (tertiary/aromatic N) is 1. The van der Waals surface area contributed by atoms with Gasteiger partial charge in [-0.05, 0) is 0 Å². The number of hydrogen-bond donors (Lipinski definition) is 3. The van der Waals surface area contributed by atoms with Crippen LogP contribution < -0.4 is 5.73 Å². The van der Waals surface area contributed by atoms with Gasteiger partial charge in [0, 0.05) is 0 Å². The van der Waals surface area contributed by atoms with Crippen molar-refractivity contribution >= 4 is 42.5 Å². The van der Waals surface area contributed by atoms with Crippen molar-refractivity contribution in [3.8, 4) is 6.07 Å². The highest BCUT2D eigenvalue weighted by Crippen LogP contribution is 2.11. The molecule has 0 aliphatic heterocycles. The predicted octanol–water partition coefficient (Wildman–Crippen LogP) is 0.867. The summed E-state index contributed by atoms with van der Waals surface area (Å²) in [7, 11) is 0. The minimum atomic E-state index is 0.0255. The SMILES string of the molecule is N#CC(C(N)=S)=C(S)S. The lowest BCUT2D eigenvalue weighted by Gasteiger charge is -1.92. The summed E-state index contributed by atoms with van der Waals surface area (Å²) in [5, 5.41) is 8.29. The number of rotatable bonds is 1. The van der Waals surface area contributed by atoms with E-state index < -0.39 is 0 Å². The zero-order valence-electron chi connectivity index (χ0n) is 4.33. The van der Waals surface area contributed by atoms with Gasteiger partial charge in [-0.2, -0.15) is 5.26 Å². The molecule has 0 radical (unpaired) electrons. The molecule has 0 spiro atoms. The Bertz CT molecular complexity index is 196. The summed E-state index contributed by atoms with van der Waals surface area (Å²) in [6, 6.07) is 1.76. The van der Waals surface area contributed by atoms with Gasteiger partial charge in [-0.25, -0.2) is 0 Å². The summed E-state index contributed by atoms with van der Waals surface area (Å²) in [5.41, 5.74) is 5.25. The van der Waals surface area contributed by atoms with E-state index in [1.807, 2.05) is 0 Å². The molecule has 0 aliphatic rings. The van der Waals surface area contributed by atoms with Gasteiger partial charge in [0.2, 0.25) is 0 Å². The van der Waals surface area contributed by atoms with E-state index in [1.54, 1.807) is 6.07 Å². The Labute approximate surface area is 69.5 Å². The lowest BCUT2D eigenvalue weighted by molar-refractivity contribution is 1.51. The Morgan fingerprint density at radius 2 is 2.00 bits per heavy atom. The molecule has 0 unspecified atom stereocenters. The fourth-order valence-corrected chi connectivity index (χ4v) is 0.855. The average Bonchev–Trinajstić information content (AvgIpc) is 1.64. The largest absolute Gasteiger partial charge is 0.389 e. The molecular weight excluding hydrogens is 172 g/mol. The molecule has 0 saturated carbocycles. The van der Waals surface area contributed by atoms with E-state index in [4.69, 9.17) is 11.0 Å². The Balaban J connectivity index is 4.62. The number of thiol groups is 2. The first kappa shape index (κ1) is 8.82. The third-order valence-corrected chi connectivity index (χ3v) is 1.23. The van der Waals surface area contributed by atoms with Crippen LogP contribution in [-0.2, 0) is 0 Å². The molecule has 0 heterocycles. The van der Waals surface area contributed by atoms with Gasteiger partial charge in [0.15, 0.2) is 0 Å². The van der Waals surface area contributed by atoms with E-state index in [9.17, 15) is 0 Å². The van der Waals surface area contributed by atoms with Crippen molar-refractivity contribution < 1.29 is 0 Å². The second-order valence-electron chi connectivity index (χ2n) is 1.17. The Morgan fingerprint density at radius 1 is 1.56 bits per heavy atom. The third-order valence-electron chi connectivity index (χ3n) is 0.582. The summed E-state index contributed by atoms with van der Waals surface area (Å²) < 4.78 is 0.255. The first-order valence-corrected chi connectivity index (χ1v) is 3.22. The van der Waals surface area contributed by atoms with Crippen molar-refractivity contribution in [3.63, 3.8) is 0 Å². The van der Waals surface area contributed by atoms with E-state index in [-0.39, 0.29) is 14.8 Å². The molecular formula is C4H4N2S3.